The Morgan fingerprint density at radius 2 is 0.967 bits per heavy atom. The van der Waals surface area contributed by atoms with E-state index in [1.165, 1.54) is 43.2 Å². The zero-order valence-corrected chi connectivity index (χ0v) is 20.6. The monoisotopic (exact) mass is 400 g/mol. The number of hydrogen-bond donors (Lipinski definition) is 0. The molecule has 0 amide bonds. The summed E-state index contributed by atoms with van der Waals surface area (Å²) in [7, 11) is 0. The van der Waals surface area contributed by atoms with Gasteiger partial charge in [-0.1, -0.05) is 79.7 Å². The Balaban J connectivity index is 1.74. The van der Waals surface area contributed by atoms with Crippen molar-refractivity contribution >= 4 is 0 Å². The molecule has 0 heterocycles. The fourth-order valence-corrected chi connectivity index (χ4v) is 6.59. The maximum Gasteiger partial charge on any atom is -0.00132 e. The van der Waals surface area contributed by atoms with Crippen LogP contribution in [0.25, 0.3) is 11.1 Å². The molecule has 5 rings (SSSR count). The third kappa shape index (κ3) is 2.71. The lowest BCUT2D eigenvalue weighted by atomic mass is 9.61. The molecule has 0 heteroatoms. The molecule has 1 atom stereocenters. The molecular weight excluding hydrogens is 360 g/mol. The van der Waals surface area contributed by atoms with Crippen molar-refractivity contribution in [2.45, 2.75) is 116 Å². The van der Waals surface area contributed by atoms with E-state index in [-0.39, 0.29) is 16.2 Å². The summed E-state index contributed by atoms with van der Waals surface area (Å²) in [6, 6.07) is 10.4. The predicted octanol–water partition coefficient (Wildman–Crippen LogP) is 8.35. The average Bonchev–Trinajstić information content (AvgIpc) is 3.04. The minimum Gasteiger partial charge on any atom is -0.0645 e. The molecule has 0 nitrogen and oxygen atoms in total. The molecule has 2 aromatic carbocycles. The Labute approximate surface area is 184 Å². The van der Waals surface area contributed by atoms with E-state index in [9.17, 15) is 0 Å². The first kappa shape index (κ1) is 20.3. The Morgan fingerprint density at radius 3 is 1.47 bits per heavy atom. The van der Waals surface area contributed by atoms with E-state index in [4.69, 9.17) is 0 Å². The minimum absolute atomic E-state index is 0.275. The summed E-state index contributed by atoms with van der Waals surface area (Å²) >= 11 is 0. The summed E-state index contributed by atoms with van der Waals surface area (Å²) in [5.41, 5.74) is 13.8. The van der Waals surface area contributed by atoms with Crippen LogP contribution in [0.3, 0.4) is 0 Å². The number of fused-ring (bicyclic) bond motifs is 5. The van der Waals surface area contributed by atoms with Crippen LogP contribution in [-0.2, 0) is 28.1 Å². The third-order valence-electron chi connectivity index (χ3n) is 9.45. The summed E-state index contributed by atoms with van der Waals surface area (Å²) in [4.78, 5) is 0. The molecule has 0 fully saturated rings. The molecule has 0 aliphatic heterocycles. The number of rotatable bonds is 1. The molecule has 0 saturated carbocycles. The molecule has 0 spiro atoms. The van der Waals surface area contributed by atoms with Crippen molar-refractivity contribution < 1.29 is 0 Å². The first-order valence-electron chi connectivity index (χ1n) is 12.2. The number of benzene rings is 2. The molecule has 3 aliphatic carbocycles. The first-order chi connectivity index (χ1) is 13.9. The molecule has 0 saturated heterocycles. The standard InChI is InChI=1S/C30H40/c1-9-30(8)13-12-29(6,7)24-16-20-14-19-15-23-25(17-21(19)22(20)18-26(24)30)28(4,5)11-10-27(23,2)3/h15-18H,9-14H2,1-8H3. The highest BCUT2D eigenvalue weighted by Gasteiger charge is 2.42. The summed E-state index contributed by atoms with van der Waals surface area (Å²) in [5.74, 6) is 0. The highest BCUT2D eigenvalue weighted by Crippen LogP contribution is 2.53. The van der Waals surface area contributed by atoms with E-state index in [2.05, 4.69) is 79.7 Å². The topological polar surface area (TPSA) is 0 Å². The molecule has 0 aromatic heterocycles. The van der Waals surface area contributed by atoms with E-state index in [1.807, 2.05) is 0 Å². The van der Waals surface area contributed by atoms with E-state index < -0.39 is 0 Å². The maximum absolute atomic E-state index is 2.62. The van der Waals surface area contributed by atoms with Gasteiger partial charge in [0.1, 0.15) is 0 Å². The fraction of sp³-hybridized carbons (Fsp3) is 0.600. The second-order valence-electron chi connectivity index (χ2n) is 12.9. The zero-order chi connectivity index (χ0) is 21.7. The van der Waals surface area contributed by atoms with Crippen LogP contribution in [0.4, 0.5) is 0 Å². The van der Waals surface area contributed by atoms with Gasteiger partial charge >= 0.3 is 0 Å². The SMILES string of the molecule is CCC1(C)CCC(C)(C)c2cc3c(cc21)-c1cc2c(cc1C3)C(C)(C)CCC2(C)C. The van der Waals surface area contributed by atoms with Crippen molar-refractivity contribution in [3.8, 4) is 11.1 Å². The minimum atomic E-state index is 0.275. The molecule has 160 valence electrons. The third-order valence-corrected chi connectivity index (χ3v) is 9.45. The molecule has 2 aromatic rings. The van der Waals surface area contributed by atoms with Crippen molar-refractivity contribution in [3.05, 3.63) is 57.6 Å². The van der Waals surface area contributed by atoms with E-state index in [1.54, 1.807) is 33.4 Å². The van der Waals surface area contributed by atoms with Crippen LogP contribution in [0.1, 0.15) is 121 Å². The van der Waals surface area contributed by atoms with Crippen LogP contribution in [-0.4, -0.2) is 0 Å². The van der Waals surface area contributed by atoms with Crippen LogP contribution in [0, 0.1) is 0 Å². The quantitative estimate of drug-likeness (QED) is 0.385. The van der Waals surface area contributed by atoms with Crippen molar-refractivity contribution in [1.82, 2.24) is 0 Å². The predicted molar refractivity (Wildman–Crippen MR) is 130 cm³/mol. The van der Waals surface area contributed by atoms with Gasteiger partial charge < -0.3 is 0 Å². The van der Waals surface area contributed by atoms with Gasteiger partial charge in [0.25, 0.3) is 0 Å². The Hall–Kier alpha value is -1.56. The van der Waals surface area contributed by atoms with Gasteiger partial charge in [-0.3, -0.25) is 0 Å². The second-order valence-corrected chi connectivity index (χ2v) is 12.9. The average molecular weight is 401 g/mol. The largest absolute Gasteiger partial charge is 0.0645 e. The Kier molecular flexibility index (Phi) is 4.08. The van der Waals surface area contributed by atoms with Crippen LogP contribution in [0.2, 0.25) is 0 Å². The van der Waals surface area contributed by atoms with Crippen LogP contribution >= 0.6 is 0 Å². The second kappa shape index (κ2) is 6.02. The molecule has 30 heavy (non-hydrogen) atoms. The summed E-state index contributed by atoms with van der Waals surface area (Å²) < 4.78 is 0. The summed E-state index contributed by atoms with van der Waals surface area (Å²) in [6.45, 7) is 19.6. The van der Waals surface area contributed by atoms with E-state index in [0.717, 1.165) is 6.42 Å². The molecule has 0 N–H and O–H groups in total. The van der Waals surface area contributed by atoms with Gasteiger partial charge in [-0.25, -0.2) is 0 Å². The van der Waals surface area contributed by atoms with E-state index >= 15 is 0 Å². The maximum atomic E-state index is 2.62. The van der Waals surface area contributed by atoms with Gasteiger partial charge in [-0.15, -0.1) is 0 Å². The zero-order valence-electron chi connectivity index (χ0n) is 20.6. The van der Waals surface area contributed by atoms with Crippen LogP contribution in [0.5, 0.6) is 0 Å². The molecule has 3 aliphatic rings. The molecular formula is C30H40. The molecule has 1 unspecified atom stereocenters. The summed E-state index contributed by atoms with van der Waals surface area (Å²) in [5, 5.41) is 0. The molecule has 0 radical (unpaired) electrons. The van der Waals surface area contributed by atoms with Crippen molar-refractivity contribution in [2.24, 2.45) is 0 Å². The van der Waals surface area contributed by atoms with Crippen molar-refractivity contribution in [3.63, 3.8) is 0 Å². The lowest BCUT2D eigenvalue weighted by Gasteiger charge is -2.44. The normalized spacial score (nSPS) is 27.1. The van der Waals surface area contributed by atoms with Gasteiger partial charge in [0.2, 0.25) is 0 Å². The van der Waals surface area contributed by atoms with Crippen LogP contribution in [0.15, 0.2) is 24.3 Å². The van der Waals surface area contributed by atoms with Gasteiger partial charge in [0, 0.05) is 0 Å². The van der Waals surface area contributed by atoms with Gasteiger partial charge in [0.15, 0.2) is 0 Å². The van der Waals surface area contributed by atoms with E-state index in [0.29, 0.717) is 5.41 Å². The summed E-state index contributed by atoms with van der Waals surface area (Å²) in [6.07, 6.45) is 7.52. The first-order valence-corrected chi connectivity index (χ1v) is 12.2. The smallest absolute Gasteiger partial charge is 0.00132 e. The van der Waals surface area contributed by atoms with Gasteiger partial charge in [-0.2, -0.15) is 0 Å². The Bertz CT molecular complexity index is 1050. The molecule has 0 bridgehead atoms. The van der Waals surface area contributed by atoms with Crippen molar-refractivity contribution in [2.75, 3.05) is 0 Å². The lowest BCUT2D eigenvalue weighted by molar-refractivity contribution is 0.305. The van der Waals surface area contributed by atoms with Crippen molar-refractivity contribution in [1.29, 1.82) is 0 Å². The van der Waals surface area contributed by atoms with Gasteiger partial charge in [0.05, 0.1) is 0 Å². The Morgan fingerprint density at radius 1 is 0.567 bits per heavy atom. The van der Waals surface area contributed by atoms with Crippen LogP contribution < -0.4 is 0 Å². The van der Waals surface area contributed by atoms with Gasteiger partial charge in [-0.05, 0) is 105 Å². The fourth-order valence-electron chi connectivity index (χ4n) is 6.59. The highest BCUT2D eigenvalue weighted by atomic mass is 14.5. The lowest BCUT2D eigenvalue weighted by Crippen LogP contribution is -2.35. The highest BCUT2D eigenvalue weighted by molar-refractivity contribution is 5.80. The number of hydrogen-bond acceptors (Lipinski definition) is 0.